The third-order valence-corrected chi connectivity index (χ3v) is 5.42. The van der Waals surface area contributed by atoms with Crippen LogP contribution in [0.3, 0.4) is 0 Å². The fourth-order valence-corrected chi connectivity index (χ4v) is 3.85. The van der Waals surface area contributed by atoms with Gasteiger partial charge in [-0.05, 0) is 54.8 Å². The maximum absolute atomic E-state index is 5.30. The average molecular weight is 478 g/mol. The highest BCUT2D eigenvalue weighted by molar-refractivity contribution is 9.10. The second kappa shape index (κ2) is 8.40. The maximum atomic E-state index is 5.30. The van der Waals surface area contributed by atoms with Gasteiger partial charge in [0.05, 0.1) is 13.7 Å². The predicted molar refractivity (Wildman–Crippen MR) is 103 cm³/mol. The molecule has 0 fully saturated rings. The zero-order valence-corrected chi connectivity index (χ0v) is 18.0. The quantitative estimate of drug-likeness (QED) is 0.522. The van der Waals surface area contributed by atoms with Gasteiger partial charge in [0.1, 0.15) is 18.5 Å². The summed E-state index contributed by atoms with van der Waals surface area (Å²) in [5, 5.41) is 0. The van der Waals surface area contributed by atoms with E-state index in [4.69, 9.17) is 4.74 Å². The van der Waals surface area contributed by atoms with Gasteiger partial charge in [0.25, 0.3) is 5.82 Å². The number of benzene rings is 2. The number of ether oxygens (including phenoxy) is 1. The molecule has 2 heterocycles. The third kappa shape index (κ3) is 3.89. The Bertz CT molecular complexity index is 870. The average Bonchev–Trinajstić information content (AvgIpc) is 3.02. The molecule has 4 rings (SSSR count). The van der Waals surface area contributed by atoms with E-state index in [1.807, 2.05) is 12.1 Å². The van der Waals surface area contributed by atoms with Gasteiger partial charge >= 0.3 is 0 Å². The molecule has 0 radical (unpaired) electrons. The van der Waals surface area contributed by atoms with Crippen molar-refractivity contribution < 1.29 is 26.3 Å². The molecule has 5 heteroatoms. The summed E-state index contributed by atoms with van der Waals surface area (Å²) in [5.41, 5.74) is 3.88. The second-order valence-electron chi connectivity index (χ2n) is 6.52. The van der Waals surface area contributed by atoms with Gasteiger partial charge < -0.3 is 21.7 Å². The molecule has 136 valence electrons. The molecule has 0 unspecified atom stereocenters. The van der Waals surface area contributed by atoms with Crippen LogP contribution in [0.1, 0.15) is 24.2 Å². The van der Waals surface area contributed by atoms with E-state index in [9.17, 15) is 0 Å². The highest BCUT2D eigenvalue weighted by atomic mass is 79.9. The van der Waals surface area contributed by atoms with Gasteiger partial charge in [-0.1, -0.05) is 28.1 Å². The summed E-state index contributed by atoms with van der Waals surface area (Å²) in [5.74, 6) is 2.33. The molecule has 1 aliphatic heterocycles. The third-order valence-electron chi connectivity index (χ3n) is 4.90. The van der Waals surface area contributed by atoms with Crippen molar-refractivity contribution in [3.05, 3.63) is 70.6 Å². The van der Waals surface area contributed by atoms with Crippen LogP contribution in [0.2, 0.25) is 0 Å². The van der Waals surface area contributed by atoms with Crippen LogP contribution < -0.4 is 26.3 Å². The van der Waals surface area contributed by atoms with Crippen LogP contribution in [0, 0.1) is 0 Å². The molecular weight excluding hydrogens is 456 g/mol. The second-order valence-corrected chi connectivity index (χ2v) is 7.44. The molecule has 0 aliphatic carbocycles. The van der Waals surface area contributed by atoms with E-state index in [1.165, 1.54) is 35.5 Å². The Labute approximate surface area is 173 Å². The van der Waals surface area contributed by atoms with Crippen LogP contribution in [-0.2, 0) is 19.5 Å². The van der Waals surface area contributed by atoms with Crippen molar-refractivity contribution in [1.29, 1.82) is 0 Å². The smallest absolute Gasteiger partial charge is 0.257 e. The molecule has 3 nitrogen and oxygen atoms in total. The first kappa shape index (κ1) is 19.2. The molecule has 0 spiro atoms. The van der Waals surface area contributed by atoms with Gasteiger partial charge in [0.15, 0.2) is 5.69 Å². The van der Waals surface area contributed by atoms with E-state index in [-0.39, 0.29) is 17.0 Å². The van der Waals surface area contributed by atoms with Gasteiger partial charge in [0.2, 0.25) is 0 Å². The standard InChI is InChI=1S/C21H22BrN2O.BrH/c1-25-19-11-7-17(8-12-19)20-15-23(21-4-2-3-13-24(20)21)14-16-5-9-18(22)10-6-16;/h5-12,15H,2-4,13-14H2,1H3;1H/q+1;/p-1. The molecule has 0 saturated heterocycles. The number of nitrogens with zero attached hydrogens (tertiary/aromatic N) is 2. The predicted octanol–water partition coefficient (Wildman–Crippen LogP) is 1.60. The number of rotatable bonds is 4. The lowest BCUT2D eigenvalue weighted by atomic mass is 10.1. The fourth-order valence-electron chi connectivity index (χ4n) is 3.58. The molecule has 0 atom stereocenters. The van der Waals surface area contributed by atoms with E-state index < -0.39 is 0 Å². The van der Waals surface area contributed by atoms with Crippen LogP contribution in [-0.4, -0.2) is 11.7 Å². The van der Waals surface area contributed by atoms with Crippen LogP contribution in [0.4, 0.5) is 0 Å². The molecule has 0 saturated carbocycles. The topological polar surface area (TPSA) is 18.0 Å². The number of aromatic nitrogens is 2. The minimum Gasteiger partial charge on any atom is -1.00 e. The normalized spacial score (nSPS) is 13.0. The van der Waals surface area contributed by atoms with Gasteiger partial charge in [-0.3, -0.25) is 0 Å². The van der Waals surface area contributed by atoms with E-state index in [0.717, 1.165) is 29.7 Å². The highest BCUT2D eigenvalue weighted by Gasteiger charge is 2.26. The van der Waals surface area contributed by atoms with E-state index in [0.29, 0.717) is 0 Å². The first-order valence-corrected chi connectivity index (χ1v) is 9.54. The minimum atomic E-state index is 0. The number of hydrogen-bond acceptors (Lipinski definition) is 1. The fraction of sp³-hybridized carbons (Fsp3) is 0.286. The van der Waals surface area contributed by atoms with Crippen molar-refractivity contribution in [3.8, 4) is 17.0 Å². The van der Waals surface area contributed by atoms with Gasteiger partial charge in [-0.2, -0.15) is 0 Å². The largest absolute Gasteiger partial charge is 1.00 e. The van der Waals surface area contributed by atoms with Crippen molar-refractivity contribution in [2.45, 2.75) is 32.4 Å². The maximum Gasteiger partial charge on any atom is 0.257 e. The lowest BCUT2D eigenvalue weighted by Crippen LogP contribution is -3.00. The van der Waals surface area contributed by atoms with Crippen molar-refractivity contribution in [2.24, 2.45) is 0 Å². The zero-order valence-electron chi connectivity index (χ0n) is 14.8. The van der Waals surface area contributed by atoms with E-state index >= 15 is 0 Å². The Morgan fingerprint density at radius 3 is 2.46 bits per heavy atom. The molecule has 0 amide bonds. The lowest BCUT2D eigenvalue weighted by molar-refractivity contribution is -0.695. The Balaban J connectivity index is 0.00000196. The molecule has 3 aromatic rings. The number of hydrogen-bond donors (Lipinski definition) is 0. The van der Waals surface area contributed by atoms with Crippen molar-refractivity contribution in [1.82, 2.24) is 4.57 Å². The summed E-state index contributed by atoms with van der Waals surface area (Å²) in [6.07, 6.45) is 5.98. The lowest BCUT2D eigenvalue weighted by Gasteiger charge is -2.11. The molecule has 26 heavy (non-hydrogen) atoms. The Hall–Kier alpha value is -1.59. The van der Waals surface area contributed by atoms with Gasteiger partial charge in [-0.25, -0.2) is 9.13 Å². The molecule has 0 N–H and O–H groups in total. The first-order valence-electron chi connectivity index (χ1n) is 8.75. The highest BCUT2D eigenvalue weighted by Crippen LogP contribution is 2.26. The SMILES string of the molecule is COc1ccc(-c2c[n+](Cc3ccc(Br)cc3)c3n2CCCC3)cc1.[Br-]. The summed E-state index contributed by atoms with van der Waals surface area (Å²) in [6.45, 7) is 2.02. The first-order chi connectivity index (χ1) is 12.2. The van der Waals surface area contributed by atoms with Crippen LogP contribution in [0.5, 0.6) is 5.75 Å². The summed E-state index contributed by atoms with van der Waals surface area (Å²) in [7, 11) is 1.71. The number of halogens is 2. The van der Waals surface area contributed by atoms with Crippen molar-refractivity contribution in [3.63, 3.8) is 0 Å². The van der Waals surface area contributed by atoms with Gasteiger partial charge in [-0.15, -0.1) is 0 Å². The number of imidazole rings is 1. The van der Waals surface area contributed by atoms with Crippen molar-refractivity contribution >= 4 is 15.9 Å². The number of methoxy groups -OCH3 is 1. The van der Waals surface area contributed by atoms with Crippen LogP contribution >= 0.6 is 15.9 Å². The van der Waals surface area contributed by atoms with E-state index in [2.05, 4.69) is 67.7 Å². The summed E-state index contributed by atoms with van der Waals surface area (Å²) >= 11 is 3.52. The molecular formula is C21H22Br2N2O. The molecule has 2 aromatic carbocycles. The molecule has 0 bridgehead atoms. The van der Waals surface area contributed by atoms with Crippen molar-refractivity contribution in [2.75, 3.05) is 7.11 Å². The van der Waals surface area contributed by atoms with Crippen LogP contribution in [0.25, 0.3) is 11.3 Å². The minimum absolute atomic E-state index is 0. The summed E-state index contributed by atoms with van der Waals surface area (Å²) in [4.78, 5) is 0. The Kier molecular flexibility index (Phi) is 6.20. The zero-order chi connectivity index (χ0) is 17.2. The van der Waals surface area contributed by atoms with Gasteiger partial charge in [0, 0.05) is 16.5 Å². The Morgan fingerprint density at radius 2 is 1.77 bits per heavy atom. The Morgan fingerprint density at radius 1 is 1.04 bits per heavy atom. The summed E-state index contributed by atoms with van der Waals surface area (Å²) in [6, 6.07) is 17.0. The molecule has 1 aromatic heterocycles. The monoisotopic (exact) mass is 476 g/mol. The molecule has 1 aliphatic rings. The number of fused-ring (bicyclic) bond motifs is 1. The summed E-state index contributed by atoms with van der Waals surface area (Å²) < 4.78 is 11.3. The van der Waals surface area contributed by atoms with Crippen LogP contribution in [0.15, 0.2) is 59.2 Å². The van der Waals surface area contributed by atoms with E-state index in [1.54, 1.807) is 7.11 Å².